The molecule has 0 unspecified atom stereocenters. The lowest BCUT2D eigenvalue weighted by atomic mass is 10.4. The van der Waals surface area contributed by atoms with E-state index < -0.39 is 0 Å². The lowest BCUT2D eigenvalue weighted by Gasteiger charge is -2.18. The van der Waals surface area contributed by atoms with E-state index in [-0.39, 0.29) is 0 Å². The minimum absolute atomic E-state index is 0.632. The number of hydrogen-bond acceptors (Lipinski definition) is 5. The topological polar surface area (TPSA) is 37.8 Å². The van der Waals surface area contributed by atoms with Gasteiger partial charge in [0, 0.05) is 25.4 Å². The van der Waals surface area contributed by atoms with Crippen molar-refractivity contribution in [2.24, 2.45) is 0 Å². The number of ether oxygens (including phenoxy) is 2. The molecule has 0 N–H and O–H groups in total. The zero-order valence-corrected chi connectivity index (χ0v) is 14.5. The van der Waals surface area contributed by atoms with Gasteiger partial charge in [0.15, 0.2) is 0 Å². The van der Waals surface area contributed by atoms with E-state index in [1.54, 1.807) is 6.20 Å². The first kappa shape index (κ1) is 18.7. The molecule has 0 radical (unpaired) electrons. The largest absolute Gasteiger partial charge is 0.492 e. The number of nitrogens with zero attached hydrogens (tertiary/aromatic N) is 3. The maximum Gasteiger partial charge on any atom is 0.216 e. The molecule has 0 aliphatic rings. The second kappa shape index (κ2) is 11.3. The quantitative estimate of drug-likeness (QED) is 0.593. The molecule has 126 valence electrons. The molecule has 1 rings (SSSR count). The lowest BCUT2D eigenvalue weighted by molar-refractivity contribution is 0.212. The van der Waals surface area contributed by atoms with Gasteiger partial charge in [0.2, 0.25) is 5.88 Å². The van der Waals surface area contributed by atoms with Crippen molar-refractivity contribution in [1.82, 2.24) is 14.8 Å². The molecule has 0 amide bonds. The summed E-state index contributed by atoms with van der Waals surface area (Å²) < 4.78 is 11.5. The second-order valence-corrected chi connectivity index (χ2v) is 5.08. The van der Waals surface area contributed by atoms with Gasteiger partial charge in [-0.15, -0.1) is 0 Å². The van der Waals surface area contributed by atoms with Crippen molar-refractivity contribution in [3.63, 3.8) is 0 Å². The van der Waals surface area contributed by atoms with Crippen molar-refractivity contribution in [2.45, 2.75) is 27.7 Å². The number of pyridine rings is 1. The van der Waals surface area contributed by atoms with Crippen molar-refractivity contribution in [2.75, 3.05) is 52.5 Å². The third-order valence-electron chi connectivity index (χ3n) is 3.83. The minimum Gasteiger partial charge on any atom is -0.492 e. The van der Waals surface area contributed by atoms with E-state index in [1.165, 1.54) is 0 Å². The monoisotopic (exact) mass is 309 g/mol. The number of likely N-dealkylation sites (N-methyl/N-ethyl adjacent to an activating group) is 2. The molecular formula is C17H31N3O2. The number of rotatable bonds is 12. The molecule has 0 saturated heterocycles. The summed E-state index contributed by atoms with van der Waals surface area (Å²) in [5.74, 6) is 1.45. The van der Waals surface area contributed by atoms with Gasteiger partial charge in [-0.3, -0.25) is 0 Å². The zero-order valence-electron chi connectivity index (χ0n) is 14.5. The van der Waals surface area contributed by atoms with E-state index in [4.69, 9.17) is 9.47 Å². The Morgan fingerprint density at radius 1 is 0.864 bits per heavy atom. The standard InChI is InChI=1S/C17H31N3O2/c1-5-19(6-2)11-13-21-16-9-10-18-17(15-16)22-14-12-20(7-3)8-4/h9-10,15H,5-8,11-14H2,1-4H3. The molecule has 1 aromatic rings. The fourth-order valence-corrected chi connectivity index (χ4v) is 2.21. The van der Waals surface area contributed by atoms with Crippen molar-refractivity contribution in [1.29, 1.82) is 0 Å². The Morgan fingerprint density at radius 2 is 1.41 bits per heavy atom. The van der Waals surface area contributed by atoms with Crippen LogP contribution >= 0.6 is 0 Å². The van der Waals surface area contributed by atoms with Crippen LogP contribution in [-0.2, 0) is 0 Å². The molecule has 0 fully saturated rings. The molecular weight excluding hydrogens is 278 g/mol. The fourth-order valence-electron chi connectivity index (χ4n) is 2.21. The van der Waals surface area contributed by atoms with E-state index in [2.05, 4.69) is 42.5 Å². The van der Waals surface area contributed by atoms with Crippen molar-refractivity contribution in [3.8, 4) is 11.6 Å². The summed E-state index contributed by atoms with van der Waals surface area (Å²) >= 11 is 0. The van der Waals surface area contributed by atoms with Gasteiger partial charge in [-0.2, -0.15) is 0 Å². The van der Waals surface area contributed by atoms with E-state index in [1.807, 2.05) is 12.1 Å². The van der Waals surface area contributed by atoms with Gasteiger partial charge in [-0.25, -0.2) is 4.98 Å². The Bertz CT molecular complexity index is 360. The van der Waals surface area contributed by atoms with Crippen molar-refractivity contribution in [3.05, 3.63) is 18.3 Å². The Kier molecular flexibility index (Phi) is 9.59. The van der Waals surface area contributed by atoms with Gasteiger partial charge >= 0.3 is 0 Å². The van der Waals surface area contributed by atoms with Gasteiger partial charge in [-0.05, 0) is 32.2 Å². The molecule has 5 nitrogen and oxygen atoms in total. The molecule has 0 atom stereocenters. The minimum atomic E-state index is 0.632. The highest BCUT2D eigenvalue weighted by Crippen LogP contribution is 2.16. The normalized spacial score (nSPS) is 11.2. The molecule has 0 bridgehead atoms. The van der Waals surface area contributed by atoms with Gasteiger partial charge in [-0.1, -0.05) is 27.7 Å². The van der Waals surface area contributed by atoms with Crippen LogP contribution in [0, 0.1) is 0 Å². The molecule has 1 aromatic heterocycles. The SMILES string of the molecule is CCN(CC)CCOc1ccnc(OCCN(CC)CC)c1. The first-order valence-electron chi connectivity index (χ1n) is 8.39. The number of aromatic nitrogens is 1. The van der Waals surface area contributed by atoms with Crippen LogP contribution in [0.2, 0.25) is 0 Å². The van der Waals surface area contributed by atoms with Crippen LogP contribution in [0.1, 0.15) is 27.7 Å². The van der Waals surface area contributed by atoms with Gasteiger partial charge in [0.05, 0.1) is 0 Å². The van der Waals surface area contributed by atoms with Crippen LogP contribution in [0.4, 0.5) is 0 Å². The Morgan fingerprint density at radius 3 is 1.95 bits per heavy atom. The van der Waals surface area contributed by atoms with E-state index in [0.717, 1.165) is 45.0 Å². The molecule has 22 heavy (non-hydrogen) atoms. The fraction of sp³-hybridized carbons (Fsp3) is 0.706. The summed E-state index contributed by atoms with van der Waals surface area (Å²) in [7, 11) is 0. The summed E-state index contributed by atoms with van der Waals surface area (Å²) in [5, 5.41) is 0. The van der Waals surface area contributed by atoms with Crippen LogP contribution in [0.3, 0.4) is 0 Å². The lowest BCUT2D eigenvalue weighted by Crippen LogP contribution is -2.28. The average Bonchev–Trinajstić information content (AvgIpc) is 2.56. The second-order valence-electron chi connectivity index (χ2n) is 5.08. The molecule has 0 saturated carbocycles. The summed E-state index contributed by atoms with van der Waals surface area (Å²) in [5.41, 5.74) is 0. The molecule has 0 aliphatic carbocycles. The summed E-state index contributed by atoms with van der Waals surface area (Å²) in [6, 6.07) is 3.74. The molecule has 0 aliphatic heterocycles. The maximum atomic E-state index is 5.78. The first-order chi connectivity index (χ1) is 10.7. The van der Waals surface area contributed by atoms with Crippen LogP contribution < -0.4 is 9.47 Å². The zero-order chi connectivity index (χ0) is 16.2. The maximum absolute atomic E-state index is 5.78. The van der Waals surface area contributed by atoms with E-state index in [0.29, 0.717) is 19.1 Å². The van der Waals surface area contributed by atoms with E-state index in [9.17, 15) is 0 Å². The van der Waals surface area contributed by atoms with Crippen molar-refractivity contribution < 1.29 is 9.47 Å². The number of hydrogen-bond donors (Lipinski definition) is 0. The highest BCUT2D eigenvalue weighted by Gasteiger charge is 2.03. The van der Waals surface area contributed by atoms with Crippen LogP contribution in [0.15, 0.2) is 18.3 Å². The third kappa shape index (κ3) is 7.09. The predicted octanol–water partition coefficient (Wildman–Crippen LogP) is 2.52. The molecule has 5 heteroatoms. The molecule has 0 spiro atoms. The Hall–Kier alpha value is -1.33. The van der Waals surface area contributed by atoms with E-state index >= 15 is 0 Å². The molecule has 0 aromatic carbocycles. The predicted molar refractivity (Wildman–Crippen MR) is 90.8 cm³/mol. The summed E-state index contributed by atoms with van der Waals surface area (Å²) in [4.78, 5) is 8.89. The van der Waals surface area contributed by atoms with Crippen molar-refractivity contribution >= 4 is 0 Å². The van der Waals surface area contributed by atoms with Gasteiger partial charge in [0.1, 0.15) is 19.0 Å². The first-order valence-corrected chi connectivity index (χ1v) is 8.39. The molecule has 1 heterocycles. The van der Waals surface area contributed by atoms with Crippen LogP contribution in [0.5, 0.6) is 11.6 Å². The van der Waals surface area contributed by atoms with Crippen LogP contribution in [-0.4, -0.2) is 67.3 Å². The highest BCUT2D eigenvalue weighted by molar-refractivity contribution is 5.26. The highest BCUT2D eigenvalue weighted by atomic mass is 16.5. The van der Waals surface area contributed by atoms with Gasteiger partial charge in [0.25, 0.3) is 0 Å². The van der Waals surface area contributed by atoms with Gasteiger partial charge < -0.3 is 19.3 Å². The Labute approximate surface area is 135 Å². The third-order valence-corrected chi connectivity index (χ3v) is 3.83. The van der Waals surface area contributed by atoms with Crippen LogP contribution in [0.25, 0.3) is 0 Å². The smallest absolute Gasteiger partial charge is 0.216 e. The average molecular weight is 309 g/mol. The summed E-state index contributed by atoms with van der Waals surface area (Å²) in [6.45, 7) is 16.0. The Balaban J connectivity index is 2.35. The summed E-state index contributed by atoms with van der Waals surface area (Å²) in [6.07, 6.45) is 1.74.